The van der Waals surface area contributed by atoms with Gasteiger partial charge in [-0.15, -0.1) is 0 Å². The number of nitrogens with zero attached hydrogens (tertiary/aromatic N) is 3. The molecule has 3 rings (SSSR count). The minimum absolute atomic E-state index is 0.882. The molecule has 0 amide bonds. The fourth-order valence-electron chi connectivity index (χ4n) is 3.47. The number of aromatic nitrogens is 2. The maximum absolute atomic E-state index is 4.62. The number of rotatable bonds is 6. The zero-order valence-corrected chi connectivity index (χ0v) is 13.9. The van der Waals surface area contributed by atoms with Crippen LogP contribution in [0.2, 0.25) is 0 Å². The quantitative estimate of drug-likeness (QED) is 0.886. The molecule has 0 unspecified atom stereocenters. The maximum atomic E-state index is 4.62. The van der Waals surface area contributed by atoms with Crippen LogP contribution in [0, 0.1) is 5.92 Å². The van der Waals surface area contributed by atoms with Gasteiger partial charge in [-0.05, 0) is 56.9 Å². The van der Waals surface area contributed by atoms with Crippen LogP contribution in [0.1, 0.15) is 33.1 Å². The Labute approximate surface area is 133 Å². The summed E-state index contributed by atoms with van der Waals surface area (Å²) in [5.41, 5.74) is 1.12. The molecular formula is C18H28N4. The second kappa shape index (κ2) is 7.14. The summed E-state index contributed by atoms with van der Waals surface area (Å²) in [7, 11) is 0. The first-order chi connectivity index (χ1) is 10.8. The standard InChI is InChI=1S/C18H28N4/c1-3-21(4-2)10-6-15-7-11-22(12-8-15)18-13-16-5-9-19-17(16)14-20-18/h5,9,13-15,19H,3-4,6-8,10-12H2,1-2H3. The first kappa shape index (κ1) is 15.3. The molecule has 0 bridgehead atoms. The van der Waals surface area contributed by atoms with Crippen molar-refractivity contribution in [3.63, 3.8) is 0 Å². The first-order valence-electron chi connectivity index (χ1n) is 8.70. The lowest BCUT2D eigenvalue weighted by Crippen LogP contribution is -2.35. The number of fused-ring (bicyclic) bond motifs is 1. The third-order valence-corrected chi connectivity index (χ3v) is 5.11. The maximum Gasteiger partial charge on any atom is 0.129 e. The number of nitrogens with one attached hydrogen (secondary N) is 1. The zero-order valence-electron chi connectivity index (χ0n) is 13.9. The fourth-order valence-corrected chi connectivity index (χ4v) is 3.47. The number of aromatic amines is 1. The van der Waals surface area contributed by atoms with Crippen molar-refractivity contribution in [2.75, 3.05) is 37.6 Å². The van der Waals surface area contributed by atoms with Gasteiger partial charge in [0.15, 0.2) is 0 Å². The van der Waals surface area contributed by atoms with Crippen LogP contribution in [0.25, 0.3) is 10.9 Å². The van der Waals surface area contributed by atoms with E-state index in [1.165, 1.54) is 44.3 Å². The van der Waals surface area contributed by atoms with Crippen LogP contribution in [0.5, 0.6) is 0 Å². The first-order valence-corrected chi connectivity index (χ1v) is 8.70. The molecule has 2 aromatic rings. The van der Waals surface area contributed by atoms with Crippen molar-refractivity contribution in [3.8, 4) is 0 Å². The molecule has 1 N–H and O–H groups in total. The smallest absolute Gasteiger partial charge is 0.129 e. The van der Waals surface area contributed by atoms with Gasteiger partial charge >= 0.3 is 0 Å². The Morgan fingerprint density at radius 2 is 2.05 bits per heavy atom. The van der Waals surface area contributed by atoms with Gasteiger partial charge in [0.05, 0.1) is 11.7 Å². The van der Waals surface area contributed by atoms with E-state index in [0.717, 1.165) is 30.3 Å². The van der Waals surface area contributed by atoms with Crippen LogP contribution >= 0.6 is 0 Å². The molecule has 1 aliphatic heterocycles. The predicted octanol–water partition coefficient (Wildman–Crippen LogP) is 3.51. The van der Waals surface area contributed by atoms with Crippen LogP contribution in [0.3, 0.4) is 0 Å². The Balaban J connectivity index is 1.52. The molecule has 120 valence electrons. The van der Waals surface area contributed by atoms with Gasteiger partial charge in [0.2, 0.25) is 0 Å². The van der Waals surface area contributed by atoms with Crippen LogP contribution in [0.4, 0.5) is 5.82 Å². The van der Waals surface area contributed by atoms with Crippen LogP contribution in [-0.4, -0.2) is 47.6 Å². The SMILES string of the molecule is CCN(CC)CCC1CCN(c2cc3cc[nH]c3cn2)CC1. The summed E-state index contributed by atoms with van der Waals surface area (Å²) >= 11 is 0. The second-order valence-electron chi connectivity index (χ2n) is 6.35. The summed E-state index contributed by atoms with van der Waals surface area (Å²) < 4.78 is 0. The zero-order chi connectivity index (χ0) is 15.4. The molecule has 1 fully saturated rings. The molecule has 22 heavy (non-hydrogen) atoms. The van der Waals surface area contributed by atoms with Gasteiger partial charge in [-0.3, -0.25) is 0 Å². The summed E-state index contributed by atoms with van der Waals surface area (Å²) in [6.45, 7) is 10.4. The summed E-state index contributed by atoms with van der Waals surface area (Å²) in [6.07, 6.45) is 7.88. The van der Waals surface area contributed by atoms with Crippen molar-refractivity contribution < 1.29 is 0 Å². The van der Waals surface area contributed by atoms with Crippen molar-refractivity contribution >= 4 is 16.7 Å². The molecule has 0 radical (unpaired) electrons. The van der Waals surface area contributed by atoms with Gasteiger partial charge in [0.1, 0.15) is 5.82 Å². The Morgan fingerprint density at radius 3 is 2.77 bits per heavy atom. The van der Waals surface area contributed by atoms with Crippen molar-refractivity contribution in [3.05, 3.63) is 24.5 Å². The molecule has 0 spiro atoms. The number of anilines is 1. The van der Waals surface area contributed by atoms with Gasteiger partial charge in [-0.2, -0.15) is 0 Å². The fraction of sp³-hybridized carbons (Fsp3) is 0.611. The van der Waals surface area contributed by atoms with Crippen LogP contribution in [-0.2, 0) is 0 Å². The van der Waals surface area contributed by atoms with Gasteiger partial charge < -0.3 is 14.8 Å². The minimum Gasteiger partial charge on any atom is -0.360 e. The molecule has 4 nitrogen and oxygen atoms in total. The second-order valence-corrected chi connectivity index (χ2v) is 6.35. The highest BCUT2D eigenvalue weighted by atomic mass is 15.2. The van der Waals surface area contributed by atoms with E-state index in [4.69, 9.17) is 0 Å². The lowest BCUT2D eigenvalue weighted by atomic mass is 9.93. The van der Waals surface area contributed by atoms with Crippen LogP contribution < -0.4 is 4.90 Å². The monoisotopic (exact) mass is 300 g/mol. The van der Waals surface area contributed by atoms with Crippen molar-refractivity contribution in [2.24, 2.45) is 5.92 Å². The van der Waals surface area contributed by atoms with E-state index >= 15 is 0 Å². The Hall–Kier alpha value is -1.55. The molecule has 0 aromatic carbocycles. The largest absolute Gasteiger partial charge is 0.360 e. The van der Waals surface area contributed by atoms with Crippen LogP contribution in [0.15, 0.2) is 24.5 Å². The van der Waals surface area contributed by atoms with Crippen molar-refractivity contribution in [2.45, 2.75) is 33.1 Å². The third kappa shape index (κ3) is 3.43. The normalized spacial score (nSPS) is 16.8. The highest BCUT2D eigenvalue weighted by Crippen LogP contribution is 2.26. The number of H-pyrrole nitrogens is 1. The highest BCUT2D eigenvalue weighted by molar-refractivity contribution is 5.81. The van der Waals surface area contributed by atoms with E-state index in [0.29, 0.717) is 0 Å². The number of hydrogen-bond donors (Lipinski definition) is 1. The molecule has 1 aliphatic rings. The Morgan fingerprint density at radius 1 is 1.27 bits per heavy atom. The lowest BCUT2D eigenvalue weighted by Gasteiger charge is -2.33. The molecule has 4 heteroatoms. The summed E-state index contributed by atoms with van der Waals surface area (Å²) in [5, 5.41) is 1.26. The van der Waals surface area contributed by atoms with E-state index < -0.39 is 0 Å². The molecule has 2 aromatic heterocycles. The van der Waals surface area contributed by atoms with E-state index in [2.05, 4.69) is 45.7 Å². The van der Waals surface area contributed by atoms with E-state index in [-0.39, 0.29) is 0 Å². The molecular weight excluding hydrogens is 272 g/mol. The van der Waals surface area contributed by atoms with Gasteiger partial charge in [0.25, 0.3) is 0 Å². The Kier molecular flexibility index (Phi) is 4.98. The van der Waals surface area contributed by atoms with E-state index in [1.54, 1.807) is 0 Å². The minimum atomic E-state index is 0.882. The molecule has 3 heterocycles. The topological polar surface area (TPSA) is 35.2 Å². The van der Waals surface area contributed by atoms with E-state index in [1.807, 2.05) is 12.4 Å². The average molecular weight is 300 g/mol. The highest BCUT2D eigenvalue weighted by Gasteiger charge is 2.20. The third-order valence-electron chi connectivity index (χ3n) is 5.11. The number of hydrogen-bond acceptors (Lipinski definition) is 3. The number of piperidine rings is 1. The summed E-state index contributed by atoms with van der Waals surface area (Å²) in [6, 6.07) is 4.33. The summed E-state index contributed by atoms with van der Waals surface area (Å²) in [4.78, 5) is 12.8. The molecule has 0 saturated carbocycles. The predicted molar refractivity (Wildman–Crippen MR) is 93.4 cm³/mol. The van der Waals surface area contributed by atoms with Gasteiger partial charge in [-0.1, -0.05) is 13.8 Å². The van der Waals surface area contributed by atoms with Crippen molar-refractivity contribution in [1.82, 2.24) is 14.9 Å². The molecule has 0 atom stereocenters. The molecule has 0 aliphatic carbocycles. The summed E-state index contributed by atoms with van der Waals surface area (Å²) in [5.74, 6) is 2.02. The Bertz CT molecular complexity index is 580. The lowest BCUT2D eigenvalue weighted by molar-refractivity contribution is 0.259. The average Bonchev–Trinajstić information content (AvgIpc) is 3.04. The van der Waals surface area contributed by atoms with E-state index in [9.17, 15) is 0 Å². The molecule has 1 saturated heterocycles. The van der Waals surface area contributed by atoms with Gasteiger partial charge in [-0.25, -0.2) is 4.98 Å². The number of pyridine rings is 1. The van der Waals surface area contributed by atoms with Crippen molar-refractivity contribution in [1.29, 1.82) is 0 Å². The van der Waals surface area contributed by atoms with Gasteiger partial charge in [0, 0.05) is 24.7 Å².